The summed E-state index contributed by atoms with van der Waals surface area (Å²) >= 11 is 1.58. The summed E-state index contributed by atoms with van der Waals surface area (Å²) in [5, 5.41) is 11.0. The molecule has 5 nitrogen and oxygen atoms in total. The third-order valence-electron chi connectivity index (χ3n) is 5.27. The van der Waals surface area contributed by atoms with Gasteiger partial charge in [-0.15, -0.1) is 11.8 Å². The molecule has 0 aliphatic rings. The van der Waals surface area contributed by atoms with Crippen LogP contribution in [0.3, 0.4) is 0 Å². The smallest absolute Gasteiger partial charge is 0.316 e. The first kappa shape index (κ1) is 24.3. The molecule has 1 unspecified atom stereocenters. The van der Waals surface area contributed by atoms with Crippen molar-refractivity contribution in [1.82, 2.24) is 4.98 Å². The van der Waals surface area contributed by atoms with Crippen molar-refractivity contribution in [1.29, 1.82) is 0 Å². The second-order valence-electron chi connectivity index (χ2n) is 10.3. The maximum atomic E-state index is 12.7. The number of ether oxygens (including phenoxy) is 1. The predicted octanol–water partition coefficient (Wildman–Crippen LogP) is 6.11. The van der Waals surface area contributed by atoms with Gasteiger partial charge in [-0.05, 0) is 43.7 Å². The molecule has 0 aliphatic carbocycles. The molecule has 6 heteroatoms. The number of hydrogen-bond acceptors (Lipinski definition) is 6. The SMILES string of the molecule is COC(=O)C(c1ncoc1C)C(C)(C)Sc1cc(C(C)(C)C)c(O)c(C(C)(C)C)c1. The molecule has 1 atom stereocenters. The lowest BCUT2D eigenvalue weighted by Crippen LogP contribution is -2.33. The Balaban J connectivity index is 2.61. The number of carbonyl (C=O) groups is 1. The number of esters is 1. The zero-order valence-electron chi connectivity index (χ0n) is 19.8. The van der Waals surface area contributed by atoms with Crippen LogP contribution in [0.25, 0.3) is 0 Å². The summed E-state index contributed by atoms with van der Waals surface area (Å²) in [6, 6.07) is 4.06. The van der Waals surface area contributed by atoms with E-state index in [1.807, 2.05) is 26.0 Å². The Kier molecular flexibility index (Phi) is 6.72. The van der Waals surface area contributed by atoms with E-state index in [1.165, 1.54) is 13.5 Å². The summed E-state index contributed by atoms with van der Waals surface area (Å²) in [6.45, 7) is 18.3. The maximum absolute atomic E-state index is 12.7. The Bertz CT molecular complexity index is 881. The van der Waals surface area contributed by atoms with Crippen molar-refractivity contribution in [3.63, 3.8) is 0 Å². The fourth-order valence-corrected chi connectivity index (χ4v) is 4.89. The van der Waals surface area contributed by atoms with Crippen LogP contribution in [-0.2, 0) is 20.4 Å². The average molecular weight is 434 g/mol. The summed E-state index contributed by atoms with van der Waals surface area (Å²) in [4.78, 5) is 18.0. The van der Waals surface area contributed by atoms with Gasteiger partial charge in [0.15, 0.2) is 6.39 Å². The molecule has 166 valence electrons. The highest BCUT2D eigenvalue weighted by atomic mass is 32.2. The van der Waals surface area contributed by atoms with Gasteiger partial charge in [-0.25, -0.2) is 4.98 Å². The molecule has 0 saturated heterocycles. The zero-order valence-corrected chi connectivity index (χ0v) is 20.7. The first-order valence-electron chi connectivity index (χ1n) is 10.1. The molecule has 1 heterocycles. The number of benzene rings is 1. The van der Waals surface area contributed by atoms with Crippen LogP contribution in [0, 0.1) is 6.92 Å². The van der Waals surface area contributed by atoms with Crippen LogP contribution in [0.15, 0.2) is 27.8 Å². The number of hydrogen-bond donors (Lipinski definition) is 1. The van der Waals surface area contributed by atoms with Crippen LogP contribution in [0.1, 0.15) is 83.9 Å². The van der Waals surface area contributed by atoms with E-state index in [-0.39, 0.29) is 16.8 Å². The summed E-state index contributed by atoms with van der Waals surface area (Å²) in [5.41, 5.74) is 1.91. The minimum Gasteiger partial charge on any atom is -0.507 e. The Hall–Kier alpha value is -1.95. The van der Waals surface area contributed by atoms with Gasteiger partial charge in [0.2, 0.25) is 0 Å². The molecule has 30 heavy (non-hydrogen) atoms. The number of aromatic nitrogens is 1. The zero-order chi connectivity index (χ0) is 23.1. The van der Waals surface area contributed by atoms with Crippen LogP contribution in [0.4, 0.5) is 0 Å². The standard InChI is InChI=1S/C24H35NO4S/c1-14-19(25-13-29-14)18(21(27)28-10)24(8,9)30-15-11-16(22(2,3)4)20(26)17(12-15)23(5,6)7/h11-13,18,26H,1-10H3. The molecule has 0 fully saturated rings. The first-order valence-corrected chi connectivity index (χ1v) is 11.0. The third kappa shape index (κ3) is 5.02. The number of aryl methyl sites for hydroxylation is 1. The minimum atomic E-state index is -0.601. The second-order valence-corrected chi connectivity index (χ2v) is 12.1. The fraction of sp³-hybridized carbons (Fsp3) is 0.583. The van der Waals surface area contributed by atoms with Crippen molar-refractivity contribution >= 4 is 17.7 Å². The van der Waals surface area contributed by atoms with E-state index in [0.29, 0.717) is 17.2 Å². The van der Waals surface area contributed by atoms with Crippen LogP contribution >= 0.6 is 11.8 Å². The van der Waals surface area contributed by atoms with Crippen LogP contribution in [0.5, 0.6) is 5.75 Å². The highest BCUT2D eigenvalue weighted by Crippen LogP contribution is 2.48. The molecule has 1 aromatic heterocycles. The quantitative estimate of drug-likeness (QED) is 0.453. The van der Waals surface area contributed by atoms with Gasteiger partial charge in [0.25, 0.3) is 0 Å². The van der Waals surface area contributed by atoms with Gasteiger partial charge in [0, 0.05) is 20.8 Å². The molecule has 1 aromatic carbocycles. The number of thioether (sulfide) groups is 1. The summed E-state index contributed by atoms with van der Waals surface area (Å²) in [5.74, 6) is -0.00356. The first-order chi connectivity index (χ1) is 13.6. The van der Waals surface area contributed by atoms with E-state index in [0.717, 1.165) is 16.0 Å². The average Bonchev–Trinajstić information content (AvgIpc) is 2.99. The van der Waals surface area contributed by atoms with Crippen LogP contribution in [0.2, 0.25) is 0 Å². The van der Waals surface area contributed by atoms with Crippen molar-refractivity contribution in [2.24, 2.45) is 0 Å². The van der Waals surface area contributed by atoms with Crippen molar-refractivity contribution in [2.45, 2.75) is 88.7 Å². The molecular formula is C24H35NO4S. The Morgan fingerprint density at radius 3 is 1.93 bits per heavy atom. The largest absolute Gasteiger partial charge is 0.507 e. The van der Waals surface area contributed by atoms with Gasteiger partial charge in [-0.3, -0.25) is 4.79 Å². The fourth-order valence-electron chi connectivity index (χ4n) is 3.61. The molecular weight excluding hydrogens is 398 g/mol. The lowest BCUT2D eigenvalue weighted by Gasteiger charge is -2.33. The Morgan fingerprint density at radius 1 is 1.07 bits per heavy atom. The highest BCUT2D eigenvalue weighted by Gasteiger charge is 2.42. The second kappa shape index (κ2) is 8.29. The molecule has 2 rings (SSSR count). The normalized spacial score (nSPS) is 13.9. The van der Waals surface area contributed by atoms with Gasteiger partial charge in [-0.1, -0.05) is 41.5 Å². The lowest BCUT2D eigenvalue weighted by atomic mass is 9.79. The molecule has 0 saturated carbocycles. The van der Waals surface area contributed by atoms with Crippen molar-refractivity contribution in [3.05, 3.63) is 41.1 Å². The number of nitrogens with zero attached hydrogens (tertiary/aromatic N) is 1. The van der Waals surface area contributed by atoms with E-state index >= 15 is 0 Å². The predicted molar refractivity (Wildman–Crippen MR) is 121 cm³/mol. The van der Waals surface area contributed by atoms with Crippen molar-refractivity contribution in [3.8, 4) is 5.75 Å². The molecule has 0 aliphatic heterocycles. The van der Waals surface area contributed by atoms with Gasteiger partial charge in [-0.2, -0.15) is 0 Å². The Morgan fingerprint density at radius 2 is 1.57 bits per heavy atom. The number of phenolic OH excluding ortho intramolecular Hbond substituents is 1. The molecule has 1 N–H and O–H groups in total. The topological polar surface area (TPSA) is 72.6 Å². The number of methoxy groups -OCH3 is 1. The van der Waals surface area contributed by atoms with E-state index < -0.39 is 10.7 Å². The summed E-state index contributed by atoms with van der Waals surface area (Å²) < 4.78 is 9.91. The molecule has 0 amide bonds. The van der Waals surface area contributed by atoms with E-state index in [2.05, 4.69) is 46.5 Å². The summed E-state index contributed by atoms with van der Waals surface area (Å²) in [7, 11) is 1.39. The molecule has 2 aromatic rings. The minimum absolute atomic E-state index is 0.227. The van der Waals surface area contributed by atoms with Crippen LogP contribution in [-0.4, -0.2) is 27.9 Å². The highest BCUT2D eigenvalue weighted by molar-refractivity contribution is 8.00. The Labute approximate surface area is 184 Å². The third-order valence-corrected chi connectivity index (χ3v) is 6.50. The molecule has 0 bridgehead atoms. The number of rotatable bonds is 5. The van der Waals surface area contributed by atoms with E-state index in [9.17, 15) is 9.90 Å². The van der Waals surface area contributed by atoms with Gasteiger partial charge in [0.05, 0.1) is 12.8 Å². The van der Waals surface area contributed by atoms with Crippen LogP contribution < -0.4 is 0 Å². The summed E-state index contributed by atoms with van der Waals surface area (Å²) in [6.07, 6.45) is 1.36. The number of carbonyl (C=O) groups excluding carboxylic acids is 1. The maximum Gasteiger partial charge on any atom is 0.316 e. The van der Waals surface area contributed by atoms with Gasteiger partial charge >= 0.3 is 5.97 Å². The molecule has 0 radical (unpaired) electrons. The van der Waals surface area contributed by atoms with Crippen molar-refractivity contribution in [2.75, 3.05) is 7.11 Å². The van der Waals surface area contributed by atoms with E-state index in [4.69, 9.17) is 9.15 Å². The number of aromatic hydroxyl groups is 1. The van der Waals surface area contributed by atoms with Crippen molar-refractivity contribution < 1.29 is 19.1 Å². The van der Waals surface area contributed by atoms with E-state index in [1.54, 1.807) is 18.7 Å². The van der Waals surface area contributed by atoms with Gasteiger partial charge < -0.3 is 14.3 Å². The lowest BCUT2D eigenvalue weighted by molar-refractivity contribution is -0.143. The molecule has 0 spiro atoms. The monoisotopic (exact) mass is 433 g/mol. The number of phenols is 1. The van der Waals surface area contributed by atoms with Gasteiger partial charge in [0.1, 0.15) is 17.4 Å². The number of oxazole rings is 1.